The number of rotatable bonds is 6. The lowest BCUT2D eigenvalue weighted by Gasteiger charge is -2.31. The molecule has 2 aliphatic rings. The van der Waals surface area contributed by atoms with Gasteiger partial charge in [-0.2, -0.15) is 0 Å². The summed E-state index contributed by atoms with van der Waals surface area (Å²) in [6.07, 6.45) is 2.91. The van der Waals surface area contributed by atoms with Crippen molar-refractivity contribution in [2.45, 2.75) is 22.1 Å². The Labute approximate surface area is 175 Å². The minimum Gasteiger partial charge on any atom is -0.481 e. The monoisotopic (exact) mass is 413 g/mol. The molecule has 2 fully saturated rings. The third kappa shape index (κ3) is 3.86. The van der Waals surface area contributed by atoms with Gasteiger partial charge in [0.25, 0.3) is 0 Å². The summed E-state index contributed by atoms with van der Waals surface area (Å²) in [5, 5.41) is 10.8. The fraction of sp³-hybridized carbons (Fsp3) is 0.348. The van der Waals surface area contributed by atoms with Crippen LogP contribution in [0.5, 0.6) is 0 Å². The molecule has 0 unspecified atom stereocenters. The summed E-state index contributed by atoms with van der Waals surface area (Å²) in [6.45, 7) is 6.47. The lowest BCUT2D eigenvalue weighted by atomic mass is 9.82. The smallest absolute Gasteiger partial charge is 0.307 e. The van der Waals surface area contributed by atoms with Crippen LogP contribution >= 0.6 is 23.4 Å². The van der Waals surface area contributed by atoms with Crippen molar-refractivity contribution < 1.29 is 9.90 Å². The molecule has 1 N–H and O–H groups in total. The highest BCUT2D eigenvalue weighted by Crippen LogP contribution is 2.53. The molecule has 0 radical (unpaired) electrons. The number of carboxylic acids is 1. The second-order valence-electron chi connectivity index (χ2n) is 7.75. The van der Waals surface area contributed by atoms with Crippen molar-refractivity contribution in [3.63, 3.8) is 0 Å². The Balaban J connectivity index is 1.68. The van der Waals surface area contributed by atoms with Gasteiger partial charge in [0.15, 0.2) is 0 Å². The molecule has 0 amide bonds. The van der Waals surface area contributed by atoms with Crippen LogP contribution in [0.3, 0.4) is 0 Å². The highest BCUT2D eigenvalue weighted by atomic mass is 35.5. The van der Waals surface area contributed by atoms with Crippen molar-refractivity contribution in [2.24, 2.45) is 17.8 Å². The number of hydrogen-bond acceptors (Lipinski definition) is 3. The Hall–Kier alpha value is -1.75. The molecule has 0 spiro atoms. The van der Waals surface area contributed by atoms with Gasteiger partial charge in [0.1, 0.15) is 0 Å². The third-order valence-corrected chi connectivity index (χ3v) is 7.34. The van der Waals surface area contributed by atoms with E-state index >= 15 is 0 Å². The largest absolute Gasteiger partial charge is 0.481 e. The van der Waals surface area contributed by atoms with Crippen LogP contribution in [0.15, 0.2) is 71.0 Å². The van der Waals surface area contributed by atoms with Gasteiger partial charge < -0.3 is 5.11 Å². The minimum atomic E-state index is -0.663. The van der Waals surface area contributed by atoms with Gasteiger partial charge in [0.05, 0.1) is 5.92 Å². The molecule has 146 valence electrons. The molecule has 1 aliphatic heterocycles. The summed E-state index contributed by atoms with van der Waals surface area (Å²) >= 11 is 7.70. The van der Waals surface area contributed by atoms with E-state index < -0.39 is 5.97 Å². The second kappa shape index (κ2) is 8.32. The molecule has 2 bridgehead atoms. The molecule has 3 nitrogen and oxygen atoms in total. The van der Waals surface area contributed by atoms with E-state index in [-0.39, 0.29) is 17.8 Å². The van der Waals surface area contributed by atoms with Crippen LogP contribution < -0.4 is 0 Å². The van der Waals surface area contributed by atoms with Crippen LogP contribution in [-0.4, -0.2) is 35.6 Å². The maximum Gasteiger partial charge on any atom is 0.307 e. The van der Waals surface area contributed by atoms with E-state index in [0.717, 1.165) is 40.9 Å². The lowest BCUT2D eigenvalue weighted by Crippen LogP contribution is -2.37. The Morgan fingerprint density at radius 1 is 1.18 bits per heavy atom. The van der Waals surface area contributed by atoms with Gasteiger partial charge in [-0.25, -0.2) is 0 Å². The summed E-state index contributed by atoms with van der Waals surface area (Å²) in [7, 11) is 0. The van der Waals surface area contributed by atoms with Crippen molar-refractivity contribution in [1.82, 2.24) is 4.90 Å². The number of carboxylic acid groups (broad SMARTS) is 1. The normalized spacial score (nSPS) is 26.9. The number of aliphatic carboxylic acids is 1. The van der Waals surface area contributed by atoms with Crippen LogP contribution in [0.1, 0.15) is 17.9 Å². The molecule has 1 saturated carbocycles. The molecular weight excluding hydrogens is 390 g/mol. The predicted octanol–water partition coefficient (Wildman–Crippen LogP) is 5.41. The summed E-state index contributed by atoms with van der Waals surface area (Å²) in [6, 6.07) is 16.1. The molecular formula is C23H24ClNO2S. The summed E-state index contributed by atoms with van der Waals surface area (Å²) in [4.78, 5) is 16.8. The van der Waals surface area contributed by atoms with Crippen LogP contribution in [0.25, 0.3) is 0 Å². The highest BCUT2D eigenvalue weighted by molar-refractivity contribution is 7.99. The van der Waals surface area contributed by atoms with E-state index in [0.29, 0.717) is 5.92 Å². The average Bonchev–Trinajstić information content (AvgIpc) is 2.94. The van der Waals surface area contributed by atoms with Crippen molar-refractivity contribution in [2.75, 3.05) is 19.6 Å². The molecule has 1 saturated heterocycles. The van der Waals surface area contributed by atoms with E-state index in [2.05, 4.69) is 23.6 Å². The maximum atomic E-state index is 12.2. The number of nitrogens with zero attached hydrogens (tertiary/aromatic N) is 1. The zero-order valence-electron chi connectivity index (χ0n) is 15.6. The van der Waals surface area contributed by atoms with Gasteiger partial charge in [-0.3, -0.25) is 9.69 Å². The molecule has 1 aliphatic carbocycles. The van der Waals surface area contributed by atoms with Crippen molar-refractivity contribution in [3.8, 4) is 0 Å². The van der Waals surface area contributed by atoms with Gasteiger partial charge in [-0.15, -0.1) is 6.58 Å². The molecule has 1 heterocycles. The first kappa shape index (κ1) is 19.6. The molecule has 2 aromatic rings. The molecule has 4 rings (SSSR count). The first-order valence-corrected chi connectivity index (χ1v) is 10.8. The molecule has 2 aromatic carbocycles. The first-order chi connectivity index (χ1) is 13.6. The number of fused-ring (bicyclic) bond motifs is 2. The second-order valence-corrected chi connectivity index (χ2v) is 9.30. The fourth-order valence-electron chi connectivity index (χ4n) is 5.00. The van der Waals surface area contributed by atoms with Gasteiger partial charge in [0.2, 0.25) is 0 Å². The molecule has 0 aromatic heterocycles. The number of likely N-dealkylation sites (tertiary alicyclic amines) is 1. The van der Waals surface area contributed by atoms with E-state index in [4.69, 9.17) is 11.6 Å². The van der Waals surface area contributed by atoms with Crippen LogP contribution in [0.4, 0.5) is 0 Å². The standard InChI is InChI=1S/C23H24ClNO2S/c1-2-11-25-13-15-12-16(14-25)22(23(26)27)21(15)19-5-3-4-6-20(19)28-18-9-7-17(24)8-10-18/h2-10,15-16,21-22H,1,11-14H2,(H,26,27)/t15-,16+,21+,22-/m0/s1. The Kier molecular flexibility index (Phi) is 5.81. The summed E-state index contributed by atoms with van der Waals surface area (Å²) in [5.74, 6) is -0.370. The Morgan fingerprint density at radius 3 is 2.61 bits per heavy atom. The molecule has 4 atom stereocenters. The van der Waals surface area contributed by atoms with E-state index in [1.807, 2.05) is 42.5 Å². The van der Waals surface area contributed by atoms with E-state index in [1.54, 1.807) is 11.8 Å². The van der Waals surface area contributed by atoms with Crippen molar-refractivity contribution >= 4 is 29.3 Å². The number of hydrogen-bond donors (Lipinski definition) is 1. The maximum absolute atomic E-state index is 12.2. The fourth-order valence-corrected chi connectivity index (χ4v) is 6.12. The van der Waals surface area contributed by atoms with Gasteiger partial charge in [0, 0.05) is 40.4 Å². The van der Waals surface area contributed by atoms with Gasteiger partial charge in [-0.05, 0) is 54.2 Å². The van der Waals surface area contributed by atoms with Gasteiger partial charge in [-0.1, -0.05) is 47.6 Å². The quantitative estimate of drug-likeness (QED) is 0.642. The van der Waals surface area contributed by atoms with Crippen molar-refractivity contribution in [3.05, 3.63) is 71.8 Å². The summed E-state index contributed by atoms with van der Waals surface area (Å²) < 4.78 is 0. The number of halogens is 1. The zero-order valence-corrected chi connectivity index (χ0v) is 17.2. The van der Waals surface area contributed by atoms with Crippen LogP contribution in [0, 0.1) is 17.8 Å². The Morgan fingerprint density at radius 2 is 1.89 bits per heavy atom. The van der Waals surface area contributed by atoms with Crippen molar-refractivity contribution in [1.29, 1.82) is 0 Å². The van der Waals surface area contributed by atoms with E-state index in [9.17, 15) is 9.90 Å². The lowest BCUT2D eigenvalue weighted by molar-refractivity contribution is -0.143. The summed E-state index contributed by atoms with van der Waals surface area (Å²) in [5.41, 5.74) is 1.17. The average molecular weight is 414 g/mol. The predicted molar refractivity (Wildman–Crippen MR) is 114 cm³/mol. The molecule has 28 heavy (non-hydrogen) atoms. The van der Waals surface area contributed by atoms with Gasteiger partial charge >= 0.3 is 5.97 Å². The first-order valence-electron chi connectivity index (χ1n) is 9.65. The minimum absolute atomic E-state index is 0.0494. The molecule has 5 heteroatoms. The topological polar surface area (TPSA) is 40.5 Å². The highest BCUT2D eigenvalue weighted by Gasteiger charge is 2.51. The number of piperidine rings is 1. The van der Waals surface area contributed by atoms with Crippen LogP contribution in [0.2, 0.25) is 5.02 Å². The number of benzene rings is 2. The SMILES string of the molecule is C=CCN1C[C@H]2C[C@@H](C1)[C@H](c1ccccc1Sc1ccc(Cl)cc1)[C@H]2C(=O)O. The third-order valence-electron chi connectivity index (χ3n) is 5.99. The number of carbonyl (C=O) groups is 1. The van der Waals surface area contributed by atoms with Crippen LogP contribution in [-0.2, 0) is 4.79 Å². The Bertz CT molecular complexity index is 869. The van der Waals surface area contributed by atoms with E-state index in [1.165, 1.54) is 5.56 Å². The zero-order chi connectivity index (χ0) is 19.7.